The maximum atomic E-state index is 13.7. The molecule has 0 atom stereocenters. The van der Waals surface area contributed by atoms with Crippen molar-refractivity contribution in [1.82, 2.24) is 14.9 Å². The van der Waals surface area contributed by atoms with E-state index in [9.17, 15) is 19.8 Å². The fraction of sp³-hybridized carbons (Fsp3) is 0.278. The van der Waals surface area contributed by atoms with Gasteiger partial charge in [0.25, 0.3) is 5.91 Å². The monoisotopic (exact) mass is 698 g/mol. The Hall–Kier alpha value is -4.91. The average molecular weight is 699 g/mol. The van der Waals surface area contributed by atoms with Crippen molar-refractivity contribution < 1.29 is 24.5 Å². The Kier molecular flexibility index (Phi) is 9.01. The first-order chi connectivity index (χ1) is 23.6. The number of carbonyl (C=O) groups excluding carboxylic acids is 2. The second-order valence-electron chi connectivity index (χ2n) is 12.4. The molecule has 2 aliphatic heterocycles. The van der Waals surface area contributed by atoms with Gasteiger partial charge in [-0.1, -0.05) is 31.5 Å². The summed E-state index contributed by atoms with van der Waals surface area (Å²) in [6, 6.07) is 16.8. The van der Waals surface area contributed by atoms with E-state index in [4.69, 9.17) is 26.3 Å². The largest absolute Gasteiger partial charge is 0.508 e. The molecule has 0 saturated carbocycles. The Labute approximate surface area is 292 Å². The highest BCUT2D eigenvalue weighted by molar-refractivity contribution is 7.19. The van der Waals surface area contributed by atoms with Crippen molar-refractivity contribution in [1.29, 1.82) is 0 Å². The number of urea groups is 1. The molecular weight excluding hydrogens is 664 g/mol. The molecule has 3 aromatic carbocycles. The molecule has 0 unspecified atom stereocenters. The van der Waals surface area contributed by atoms with Gasteiger partial charge in [-0.15, -0.1) is 11.3 Å². The second-order valence-corrected chi connectivity index (χ2v) is 13.9. The fourth-order valence-corrected chi connectivity index (χ4v) is 7.66. The summed E-state index contributed by atoms with van der Waals surface area (Å²) < 4.78 is 5.64. The topological polar surface area (TPSA) is 140 Å². The van der Waals surface area contributed by atoms with Crippen molar-refractivity contribution in [2.24, 2.45) is 0 Å². The molecule has 7 rings (SSSR count). The third-order valence-corrected chi connectivity index (χ3v) is 10.1. The molecule has 49 heavy (non-hydrogen) atoms. The summed E-state index contributed by atoms with van der Waals surface area (Å²) in [6.45, 7) is 7.30. The number of thiophene rings is 1. The normalized spacial score (nSPS) is 14.6. The Morgan fingerprint density at radius 1 is 0.939 bits per heavy atom. The van der Waals surface area contributed by atoms with Crippen molar-refractivity contribution in [2.75, 3.05) is 48.4 Å². The molecule has 0 bridgehead atoms. The number of rotatable bonds is 6. The summed E-state index contributed by atoms with van der Waals surface area (Å²) in [4.78, 5) is 42.2. The molecule has 1 fully saturated rings. The zero-order chi connectivity index (χ0) is 34.2. The fourth-order valence-electron chi connectivity index (χ4n) is 6.24. The standard InChI is InChI=1S/C36H35ClN6O5S/c1-20(2)26-17-27(29(45)18-28(26)44)35(46)43-11-10-25-30(19-43)49-34-31(25)33(42-12-14-48-15-13-42)40-32(41-34)21-6-8-23(9-7-21)38-36(47)39-24-5-3-4-22(37)16-24/h3-9,16-18,20,44-45H,10-15,19H2,1-2H3,(H2,38,39,47). The van der Waals surface area contributed by atoms with Crippen LogP contribution in [0.3, 0.4) is 0 Å². The Bertz CT molecular complexity index is 2060. The SMILES string of the molecule is CC(C)c1cc(C(=O)N2CCc3c(sc4nc(-c5ccc(NC(=O)Nc6cccc(Cl)c6)cc5)nc(N5CCOCC5)c34)C2)c(O)cc1O. The molecule has 13 heteroatoms. The van der Waals surface area contributed by atoms with Crippen LogP contribution >= 0.6 is 22.9 Å². The Morgan fingerprint density at radius 2 is 1.69 bits per heavy atom. The van der Waals surface area contributed by atoms with E-state index >= 15 is 0 Å². The van der Waals surface area contributed by atoms with Crippen molar-refractivity contribution >= 4 is 62.3 Å². The maximum Gasteiger partial charge on any atom is 0.323 e. The van der Waals surface area contributed by atoms with Crippen molar-refractivity contribution in [3.63, 3.8) is 0 Å². The van der Waals surface area contributed by atoms with Crippen LogP contribution in [0.25, 0.3) is 21.6 Å². The summed E-state index contributed by atoms with van der Waals surface area (Å²) in [7, 11) is 0. The summed E-state index contributed by atoms with van der Waals surface area (Å²) in [5, 5.41) is 28.0. The Morgan fingerprint density at radius 3 is 2.43 bits per heavy atom. The lowest BCUT2D eigenvalue weighted by Gasteiger charge is -2.30. The number of phenols is 2. The average Bonchev–Trinajstić information content (AvgIpc) is 3.46. The minimum absolute atomic E-state index is 0.0132. The van der Waals surface area contributed by atoms with Gasteiger partial charge in [-0.3, -0.25) is 4.79 Å². The first-order valence-corrected chi connectivity index (χ1v) is 17.3. The maximum absolute atomic E-state index is 13.7. The molecule has 5 aromatic rings. The number of aromatic nitrogens is 2. The van der Waals surface area contributed by atoms with Gasteiger partial charge in [0.15, 0.2) is 5.82 Å². The van der Waals surface area contributed by atoms with E-state index in [-0.39, 0.29) is 34.9 Å². The van der Waals surface area contributed by atoms with E-state index in [1.807, 2.05) is 26.0 Å². The first-order valence-electron chi connectivity index (χ1n) is 16.1. The number of fused-ring (bicyclic) bond motifs is 3. The molecule has 0 aliphatic carbocycles. The van der Waals surface area contributed by atoms with E-state index in [0.29, 0.717) is 73.6 Å². The van der Waals surface area contributed by atoms with E-state index in [0.717, 1.165) is 32.0 Å². The van der Waals surface area contributed by atoms with Gasteiger partial charge >= 0.3 is 6.03 Å². The number of morpholine rings is 1. The molecule has 0 spiro atoms. The molecule has 0 radical (unpaired) electrons. The van der Waals surface area contributed by atoms with Gasteiger partial charge in [0.1, 0.15) is 22.1 Å². The van der Waals surface area contributed by atoms with Crippen molar-refractivity contribution in [3.8, 4) is 22.9 Å². The Balaban J connectivity index is 1.17. The van der Waals surface area contributed by atoms with Crippen LogP contribution in [0, 0.1) is 0 Å². The molecule has 11 nitrogen and oxygen atoms in total. The van der Waals surface area contributed by atoms with Gasteiger partial charge < -0.3 is 35.4 Å². The molecule has 3 amide bonds. The quantitative estimate of drug-likeness (QED) is 0.146. The number of nitrogens with one attached hydrogen (secondary N) is 2. The third-order valence-electron chi connectivity index (χ3n) is 8.76. The lowest BCUT2D eigenvalue weighted by atomic mass is 9.97. The molecule has 4 heterocycles. The highest BCUT2D eigenvalue weighted by atomic mass is 35.5. The van der Waals surface area contributed by atoms with E-state index in [2.05, 4.69) is 15.5 Å². The number of aromatic hydroxyl groups is 2. The number of hydrogen-bond donors (Lipinski definition) is 4. The van der Waals surface area contributed by atoms with Gasteiger partial charge in [-0.05, 0) is 72.0 Å². The number of amides is 3. The van der Waals surface area contributed by atoms with Gasteiger partial charge in [0.05, 0.1) is 30.7 Å². The van der Waals surface area contributed by atoms with E-state index in [1.54, 1.807) is 58.7 Å². The van der Waals surface area contributed by atoms with Crippen LogP contribution in [0.4, 0.5) is 22.0 Å². The predicted octanol–water partition coefficient (Wildman–Crippen LogP) is 7.23. The summed E-state index contributed by atoms with van der Waals surface area (Å²) in [5.74, 6) is 0.859. The number of anilines is 3. The molecule has 2 aromatic heterocycles. The molecular formula is C36H35ClN6O5S. The number of phenolic OH excluding ortho intramolecular Hbond substituents is 2. The third kappa shape index (κ3) is 6.71. The number of halogens is 1. The van der Waals surface area contributed by atoms with E-state index < -0.39 is 0 Å². The number of hydrogen-bond acceptors (Lipinski definition) is 9. The van der Waals surface area contributed by atoms with Gasteiger partial charge in [0, 0.05) is 52.5 Å². The van der Waals surface area contributed by atoms with Crippen LogP contribution < -0.4 is 15.5 Å². The van der Waals surface area contributed by atoms with Gasteiger partial charge in [0.2, 0.25) is 0 Å². The first kappa shape index (κ1) is 32.6. The van der Waals surface area contributed by atoms with Crippen LogP contribution in [-0.2, 0) is 17.7 Å². The van der Waals surface area contributed by atoms with Crippen LogP contribution in [0.2, 0.25) is 5.02 Å². The second kappa shape index (κ2) is 13.5. The summed E-state index contributed by atoms with van der Waals surface area (Å²) in [5.41, 5.74) is 3.92. The molecule has 1 saturated heterocycles. The summed E-state index contributed by atoms with van der Waals surface area (Å²) in [6.07, 6.45) is 0.620. The molecule has 4 N–H and O–H groups in total. The predicted molar refractivity (Wildman–Crippen MR) is 192 cm³/mol. The van der Waals surface area contributed by atoms with Crippen molar-refractivity contribution in [3.05, 3.63) is 87.3 Å². The van der Waals surface area contributed by atoms with Crippen LogP contribution in [-0.4, -0.2) is 69.9 Å². The number of nitrogens with zero attached hydrogens (tertiary/aromatic N) is 4. The van der Waals surface area contributed by atoms with E-state index in [1.165, 1.54) is 6.07 Å². The number of benzene rings is 3. The smallest absolute Gasteiger partial charge is 0.323 e. The minimum atomic E-state index is -0.389. The van der Waals surface area contributed by atoms with Crippen molar-refractivity contribution in [2.45, 2.75) is 32.7 Å². The highest BCUT2D eigenvalue weighted by Crippen LogP contribution is 2.41. The highest BCUT2D eigenvalue weighted by Gasteiger charge is 2.31. The lowest BCUT2D eigenvalue weighted by molar-refractivity contribution is 0.0734. The summed E-state index contributed by atoms with van der Waals surface area (Å²) >= 11 is 7.58. The van der Waals surface area contributed by atoms with Gasteiger partial charge in [-0.25, -0.2) is 14.8 Å². The zero-order valence-corrected chi connectivity index (χ0v) is 28.6. The molecule has 252 valence electrons. The minimum Gasteiger partial charge on any atom is -0.508 e. The van der Waals surface area contributed by atoms with Crippen LogP contribution in [0.1, 0.15) is 46.1 Å². The number of ether oxygens (including phenoxy) is 1. The zero-order valence-electron chi connectivity index (χ0n) is 27.0. The van der Waals surface area contributed by atoms with Crippen LogP contribution in [0.5, 0.6) is 11.5 Å². The van der Waals surface area contributed by atoms with Gasteiger partial charge in [-0.2, -0.15) is 0 Å². The van der Waals surface area contributed by atoms with Crippen LogP contribution in [0.15, 0.2) is 60.7 Å². The number of carbonyl (C=O) groups is 2. The lowest BCUT2D eigenvalue weighted by Crippen LogP contribution is -2.37. The molecule has 2 aliphatic rings.